The lowest BCUT2D eigenvalue weighted by Gasteiger charge is -2.45. The molecule has 2 amide bonds. The third kappa shape index (κ3) is 2.60. The molecule has 2 atom stereocenters. The molecule has 0 unspecified atom stereocenters. The maximum Gasteiger partial charge on any atom is 0.285 e. The zero-order valence-corrected chi connectivity index (χ0v) is 15.5. The van der Waals surface area contributed by atoms with E-state index in [1.807, 2.05) is 33.7 Å². The maximum atomic E-state index is 11.9. The van der Waals surface area contributed by atoms with Gasteiger partial charge < -0.3 is 15.2 Å². The second-order valence-electron chi connectivity index (χ2n) is 6.21. The molecular formula is C16H16N4O4S2. The maximum absolute atomic E-state index is 11.9. The number of nitrogens with zero attached hydrogens (tertiary/aromatic N) is 3. The van der Waals surface area contributed by atoms with Crippen molar-refractivity contribution in [3.63, 3.8) is 0 Å². The normalized spacial score (nSPS) is 20.7. The Morgan fingerprint density at radius 1 is 1.58 bits per heavy atom. The van der Waals surface area contributed by atoms with Crippen LogP contribution in [0.3, 0.4) is 0 Å². The van der Waals surface area contributed by atoms with Gasteiger partial charge in [0.2, 0.25) is 17.1 Å². The number of carboxylic acid groups (broad SMARTS) is 1. The molecule has 1 fully saturated rings. The molecule has 8 nitrogen and oxygen atoms in total. The fourth-order valence-corrected chi connectivity index (χ4v) is 5.50. The fourth-order valence-electron chi connectivity index (χ4n) is 3.47. The van der Waals surface area contributed by atoms with Crippen molar-refractivity contribution in [1.29, 1.82) is 0 Å². The van der Waals surface area contributed by atoms with Crippen molar-refractivity contribution < 1.29 is 23.9 Å². The Bertz CT molecular complexity index is 947. The summed E-state index contributed by atoms with van der Waals surface area (Å²) in [5.41, 5.74) is 0.635. The number of fused-ring (bicyclic) bond motifs is 2. The summed E-state index contributed by atoms with van der Waals surface area (Å²) in [5.74, 6) is -0.136. The van der Waals surface area contributed by atoms with Gasteiger partial charge in [-0.15, -0.1) is 11.8 Å². The van der Waals surface area contributed by atoms with Gasteiger partial charge in [-0.3, -0.25) is 14.5 Å². The van der Waals surface area contributed by atoms with Crippen LogP contribution in [0.5, 0.6) is 0 Å². The van der Waals surface area contributed by atoms with E-state index >= 15 is 0 Å². The largest absolute Gasteiger partial charge is 0.543 e. The Hall–Kier alpha value is -2.33. The van der Waals surface area contributed by atoms with Crippen LogP contribution >= 0.6 is 23.1 Å². The molecular weight excluding hydrogens is 376 g/mol. The molecule has 0 aliphatic carbocycles. The number of thioether (sulfide) groups is 1. The van der Waals surface area contributed by atoms with Gasteiger partial charge in [0.1, 0.15) is 25.0 Å². The summed E-state index contributed by atoms with van der Waals surface area (Å²) in [6, 6.07) is -0.258. The summed E-state index contributed by atoms with van der Waals surface area (Å²) in [6.45, 7) is 2.18. The highest BCUT2D eigenvalue weighted by Gasteiger charge is 2.43. The number of aliphatic carboxylic acids is 1. The molecule has 26 heavy (non-hydrogen) atoms. The lowest BCUT2D eigenvalue weighted by atomic mass is 10.1. The molecule has 136 valence electrons. The number of hydrogen-bond donors (Lipinski definition) is 1. The van der Waals surface area contributed by atoms with Gasteiger partial charge in [0.05, 0.1) is 23.5 Å². The molecule has 0 saturated carbocycles. The van der Waals surface area contributed by atoms with Crippen LogP contribution in [0.15, 0.2) is 29.0 Å². The lowest BCUT2D eigenvalue weighted by Crippen LogP contribution is -2.56. The molecule has 2 aliphatic heterocycles. The fraction of sp³-hybridized carbons (Fsp3) is 0.375. The quantitative estimate of drug-likeness (QED) is 0.402. The minimum atomic E-state index is -1.32. The zero-order valence-electron chi connectivity index (χ0n) is 13.9. The van der Waals surface area contributed by atoms with Crippen LogP contribution in [-0.2, 0) is 20.9 Å². The van der Waals surface area contributed by atoms with Crippen LogP contribution < -0.4 is 14.8 Å². The molecule has 2 aromatic rings. The summed E-state index contributed by atoms with van der Waals surface area (Å²) < 4.78 is 3.90. The molecule has 4 rings (SSSR count). The summed E-state index contributed by atoms with van der Waals surface area (Å²) >= 11 is 3.12. The highest BCUT2D eigenvalue weighted by molar-refractivity contribution is 8.00. The second-order valence-corrected chi connectivity index (χ2v) is 8.30. The highest BCUT2D eigenvalue weighted by atomic mass is 32.2. The molecule has 0 spiro atoms. The minimum absolute atomic E-state index is 0.00555. The van der Waals surface area contributed by atoms with Crippen LogP contribution in [0.4, 0.5) is 0 Å². The van der Waals surface area contributed by atoms with Crippen LogP contribution in [0, 0.1) is 0 Å². The monoisotopic (exact) mass is 392 g/mol. The number of nitrogens with one attached hydrogen (secondary N) is 1. The van der Waals surface area contributed by atoms with Gasteiger partial charge in [0.25, 0.3) is 5.82 Å². The van der Waals surface area contributed by atoms with E-state index in [4.69, 9.17) is 0 Å². The van der Waals surface area contributed by atoms with E-state index in [0.717, 1.165) is 10.7 Å². The summed E-state index contributed by atoms with van der Waals surface area (Å²) in [5, 5.41) is 16.3. The predicted octanol–water partition coefficient (Wildman–Crippen LogP) is -0.595. The number of aromatic nitrogens is 2. The number of amides is 2. The van der Waals surface area contributed by atoms with Crippen molar-refractivity contribution in [2.24, 2.45) is 0 Å². The first-order chi connectivity index (χ1) is 12.5. The second kappa shape index (κ2) is 6.44. The van der Waals surface area contributed by atoms with E-state index in [1.54, 1.807) is 23.1 Å². The number of carboxylic acids is 1. The highest BCUT2D eigenvalue weighted by Crippen LogP contribution is 2.40. The van der Waals surface area contributed by atoms with E-state index in [1.165, 1.54) is 4.90 Å². The molecule has 1 N–H and O–H groups in total. The number of rotatable bonds is 6. The average molecular weight is 392 g/mol. The number of β-lactam (4-membered cyclic amide) rings is 1. The van der Waals surface area contributed by atoms with E-state index in [2.05, 4.69) is 5.32 Å². The van der Waals surface area contributed by atoms with Crippen molar-refractivity contribution in [3.8, 4) is 0 Å². The molecule has 2 aliphatic rings. The summed E-state index contributed by atoms with van der Waals surface area (Å²) in [6.07, 6.45) is 4.85. The van der Waals surface area contributed by atoms with E-state index in [0.29, 0.717) is 30.7 Å². The first-order valence-corrected chi connectivity index (χ1v) is 9.98. The predicted molar refractivity (Wildman–Crippen MR) is 92.8 cm³/mol. The summed E-state index contributed by atoms with van der Waals surface area (Å²) in [4.78, 5) is 36.8. The van der Waals surface area contributed by atoms with Crippen LogP contribution in [0.25, 0.3) is 4.83 Å². The van der Waals surface area contributed by atoms with Gasteiger partial charge in [-0.1, -0.05) is 11.3 Å². The van der Waals surface area contributed by atoms with Crippen molar-refractivity contribution in [2.45, 2.75) is 31.3 Å². The average Bonchev–Trinajstić information content (AvgIpc) is 3.15. The van der Waals surface area contributed by atoms with Crippen molar-refractivity contribution >= 4 is 46.2 Å². The molecule has 0 radical (unpaired) electrons. The smallest absolute Gasteiger partial charge is 0.285 e. The number of carbonyl (C=O) groups excluding carboxylic acids is 3. The minimum Gasteiger partial charge on any atom is -0.543 e. The number of thiazole rings is 1. The van der Waals surface area contributed by atoms with E-state index in [-0.39, 0.29) is 23.0 Å². The first-order valence-electron chi connectivity index (χ1n) is 8.06. The SMILES string of the molecule is C[C@@H](NC=O)c1n(CC2=C(C(=O)[O-])N3C(=O)C[C@H]3SC2)cc2scc[n+]12. The molecule has 2 aromatic heterocycles. The number of carbonyl (C=O) groups is 3. The molecule has 0 bridgehead atoms. The Kier molecular flexibility index (Phi) is 4.23. The van der Waals surface area contributed by atoms with Crippen LogP contribution in [-0.4, -0.2) is 38.9 Å². The van der Waals surface area contributed by atoms with E-state index in [9.17, 15) is 19.5 Å². The van der Waals surface area contributed by atoms with Gasteiger partial charge in [0, 0.05) is 16.7 Å². The van der Waals surface area contributed by atoms with Gasteiger partial charge in [-0.2, -0.15) is 4.40 Å². The van der Waals surface area contributed by atoms with Crippen molar-refractivity contribution in [3.05, 3.63) is 34.9 Å². The first kappa shape index (κ1) is 17.1. The standard InChI is InChI=1S/C16H16N4O4S2/c1-9(17-8-21)15-18(6-13-19(15)2-3-25-13)5-10-7-26-12-4-11(22)20(12)14(10)16(23)24/h2-3,6,8-9,12H,4-5,7H2,1H3,(H-,17,21,23,24)/t9-,12-/m1/s1. The number of imidazole rings is 1. The Labute approximate surface area is 157 Å². The summed E-state index contributed by atoms with van der Waals surface area (Å²) in [7, 11) is 0. The third-order valence-electron chi connectivity index (χ3n) is 4.64. The zero-order chi connectivity index (χ0) is 18.4. The molecule has 10 heteroatoms. The van der Waals surface area contributed by atoms with Gasteiger partial charge in [-0.25, -0.2) is 4.57 Å². The lowest BCUT2D eigenvalue weighted by molar-refractivity contribution is -0.520. The number of hydrogen-bond acceptors (Lipinski definition) is 6. The van der Waals surface area contributed by atoms with E-state index < -0.39 is 5.97 Å². The van der Waals surface area contributed by atoms with Crippen LogP contribution in [0.2, 0.25) is 0 Å². The van der Waals surface area contributed by atoms with Crippen molar-refractivity contribution in [1.82, 2.24) is 14.8 Å². The Morgan fingerprint density at radius 3 is 3.08 bits per heavy atom. The molecule has 0 aromatic carbocycles. The molecule has 1 saturated heterocycles. The van der Waals surface area contributed by atoms with Crippen molar-refractivity contribution in [2.75, 3.05) is 5.75 Å². The van der Waals surface area contributed by atoms with Gasteiger partial charge >= 0.3 is 0 Å². The van der Waals surface area contributed by atoms with Gasteiger partial charge in [0.15, 0.2) is 0 Å². The Balaban J connectivity index is 1.76. The topological polar surface area (TPSA) is 98.6 Å². The van der Waals surface area contributed by atoms with Gasteiger partial charge in [-0.05, 0) is 6.92 Å². The molecule has 4 heterocycles. The third-order valence-corrected chi connectivity index (χ3v) is 6.71. The van der Waals surface area contributed by atoms with Crippen LogP contribution in [0.1, 0.15) is 25.2 Å². The Morgan fingerprint density at radius 2 is 2.38 bits per heavy atom.